The Hall–Kier alpha value is -2.88. The van der Waals surface area contributed by atoms with Crippen LogP contribution in [-0.2, 0) is 20.8 Å². The maximum atomic E-state index is 13.3. The quantitative estimate of drug-likeness (QED) is 0.824. The van der Waals surface area contributed by atoms with Gasteiger partial charge in [0.2, 0.25) is 5.91 Å². The standard InChI is InChI=1S/C17H15F3N2O4S/c1-10(23)21-12-5-8-15(14(9-12)17(18,19)20)22-16(24)11-3-6-13(7-4-11)27(2,25)26/h3-9H,1-2H3,(H,21,23)(H,22,24). The van der Waals surface area contributed by atoms with Crippen LogP contribution in [0, 0.1) is 0 Å². The normalized spacial score (nSPS) is 11.7. The Morgan fingerprint density at radius 1 is 0.963 bits per heavy atom. The lowest BCUT2D eigenvalue weighted by Gasteiger charge is -2.15. The molecule has 27 heavy (non-hydrogen) atoms. The molecule has 2 aromatic rings. The monoisotopic (exact) mass is 400 g/mol. The van der Waals surface area contributed by atoms with Gasteiger partial charge in [0.25, 0.3) is 5.91 Å². The molecule has 0 aliphatic carbocycles. The molecule has 0 radical (unpaired) electrons. The van der Waals surface area contributed by atoms with Gasteiger partial charge in [-0.2, -0.15) is 13.2 Å². The molecule has 6 nitrogen and oxygen atoms in total. The molecule has 0 saturated heterocycles. The third-order valence-corrected chi connectivity index (χ3v) is 4.57. The van der Waals surface area contributed by atoms with Gasteiger partial charge < -0.3 is 10.6 Å². The largest absolute Gasteiger partial charge is 0.418 e. The van der Waals surface area contributed by atoms with E-state index in [0.29, 0.717) is 6.07 Å². The van der Waals surface area contributed by atoms with Crippen molar-refractivity contribution in [2.45, 2.75) is 18.0 Å². The molecule has 144 valence electrons. The second-order valence-electron chi connectivity index (χ2n) is 5.69. The smallest absolute Gasteiger partial charge is 0.326 e. The summed E-state index contributed by atoms with van der Waals surface area (Å²) in [5.41, 5.74) is -1.70. The van der Waals surface area contributed by atoms with E-state index in [2.05, 4.69) is 10.6 Å². The van der Waals surface area contributed by atoms with Crippen molar-refractivity contribution in [3.05, 3.63) is 53.6 Å². The van der Waals surface area contributed by atoms with E-state index in [1.165, 1.54) is 30.3 Å². The summed E-state index contributed by atoms with van der Waals surface area (Å²) < 4.78 is 62.6. The van der Waals surface area contributed by atoms with Gasteiger partial charge in [0.05, 0.1) is 16.1 Å². The van der Waals surface area contributed by atoms with Crippen molar-refractivity contribution < 1.29 is 31.2 Å². The maximum Gasteiger partial charge on any atom is 0.418 e. The maximum absolute atomic E-state index is 13.3. The van der Waals surface area contributed by atoms with E-state index in [1.54, 1.807) is 0 Å². The molecule has 2 amide bonds. The highest BCUT2D eigenvalue weighted by atomic mass is 32.2. The summed E-state index contributed by atoms with van der Waals surface area (Å²) in [6, 6.07) is 7.73. The second kappa shape index (κ2) is 7.39. The molecular weight excluding hydrogens is 385 g/mol. The van der Waals surface area contributed by atoms with Gasteiger partial charge in [-0.05, 0) is 42.5 Å². The van der Waals surface area contributed by atoms with Crippen molar-refractivity contribution in [1.82, 2.24) is 0 Å². The Morgan fingerprint density at radius 2 is 1.56 bits per heavy atom. The van der Waals surface area contributed by atoms with E-state index in [-0.39, 0.29) is 16.1 Å². The minimum atomic E-state index is -4.77. The lowest BCUT2D eigenvalue weighted by Crippen LogP contribution is -2.17. The van der Waals surface area contributed by atoms with Crippen molar-refractivity contribution in [2.24, 2.45) is 0 Å². The van der Waals surface area contributed by atoms with E-state index < -0.39 is 39.1 Å². The number of hydrogen-bond acceptors (Lipinski definition) is 4. The topological polar surface area (TPSA) is 92.3 Å². The van der Waals surface area contributed by atoms with E-state index >= 15 is 0 Å². The summed E-state index contributed by atoms with van der Waals surface area (Å²) in [4.78, 5) is 23.2. The van der Waals surface area contributed by atoms with Gasteiger partial charge >= 0.3 is 6.18 Å². The number of halogens is 3. The van der Waals surface area contributed by atoms with Gasteiger partial charge in [-0.3, -0.25) is 9.59 Å². The summed E-state index contributed by atoms with van der Waals surface area (Å²) in [5, 5.41) is 4.39. The first-order chi connectivity index (χ1) is 12.4. The number of anilines is 2. The molecule has 0 bridgehead atoms. The zero-order valence-electron chi connectivity index (χ0n) is 14.2. The van der Waals surface area contributed by atoms with Crippen LogP contribution in [0.4, 0.5) is 24.5 Å². The average Bonchev–Trinajstić information content (AvgIpc) is 2.54. The third kappa shape index (κ3) is 5.30. The van der Waals surface area contributed by atoms with Gasteiger partial charge in [0.15, 0.2) is 9.84 Å². The molecule has 0 fully saturated rings. The average molecular weight is 400 g/mol. The molecule has 0 unspecified atom stereocenters. The summed E-state index contributed by atoms with van der Waals surface area (Å²) >= 11 is 0. The van der Waals surface area contributed by atoms with E-state index in [0.717, 1.165) is 19.2 Å². The van der Waals surface area contributed by atoms with Crippen molar-refractivity contribution in [3.63, 3.8) is 0 Å². The first-order valence-electron chi connectivity index (χ1n) is 7.48. The van der Waals surface area contributed by atoms with Crippen LogP contribution in [0.15, 0.2) is 47.4 Å². The van der Waals surface area contributed by atoms with Crippen LogP contribution in [0.1, 0.15) is 22.8 Å². The fraction of sp³-hybridized carbons (Fsp3) is 0.176. The van der Waals surface area contributed by atoms with Crippen molar-refractivity contribution >= 4 is 33.0 Å². The van der Waals surface area contributed by atoms with Crippen LogP contribution in [0.5, 0.6) is 0 Å². The molecule has 2 N–H and O–H groups in total. The molecule has 2 aromatic carbocycles. The Labute approximate surface area is 153 Å². The molecular formula is C17H15F3N2O4S. The van der Waals surface area contributed by atoms with Crippen LogP contribution >= 0.6 is 0 Å². The van der Waals surface area contributed by atoms with Crippen LogP contribution in [0.3, 0.4) is 0 Å². The Kier molecular flexibility index (Phi) is 5.59. The van der Waals surface area contributed by atoms with Gasteiger partial charge in [-0.1, -0.05) is 0 Å². The number of sulfone groups is 1. The van der Waals surface area contributed by atoms with E-state index in [1.807, 2.05) is 0 Å². The number of benzene rings is 2. The second-order valence-corrected chi connectivity index (χ2v) is 7.71. The highest BCUT2D eigenvalue weighted by Crippen LogP contribution is 2.36. The van der Waals surface area contributed by atoms with E-state index in [4.69, 9.17) is 0 Å². The highest BCUT2D eigenvalue weighted by Gasteiger charge is 2.34. The van der Waals surface area contributed by atoms with Gasteiger partial charge in [0.1, 0.15) is 0 Å². The number of nitrogens with one attached hydrogen (secondary N) is 2. The lowest BCUT2D eigenvalue weighted by atomic mass is 10.1. The number of carbonyl (C=O) groups excluding carboxylic acids is 2. The van der Waals surface area contributed by atoms with Crippen LogP contribution in [0.2, 0.25) is 0 Å². The predicted molar refractivity (Wildman–Crippen MR) is 93.3 cm³/mol. The Morgan fingerprint density at radius 3 is 2.04 bits per heavy atom. The summed E-state index contributed by atoms with van der Waals surface area (Å²) in [5.74, 6) is -1.38. The van der Waals surface area contributed by atoms with Gasteiger partial charge in [-0.25, -0.2) is 8.42 Å². The number of rotatable bonds is 4. The number of amides is 2. The fourth-order valence-corrected chi connectivity index (χ4v) is 2.85. The first kappa shape index (κ1) is 20.4. The summed E-state index contributed by atoms with van der Waals surface area (Å²) in [6.07, 6.45) is -3.77. The van der Waals surface area contributed by atoms with Gasteiger partial charge in [0, 0.05) is 24.4 Å². The molecule has 0 aliphatic heterocycles. The SMILES string of the molecule is CC(=O)Nc1ccc(NC(=O)c2ccc(S(C)(=O)=O)cc2)c(C(F)(F)F)c1. The predicted octanol–water partition coefficient (Wildman–Crippen LogP) is 3.32. The molecule has 2 rings (SSSR count). The summed E-state index contributed by atoms with van der Waals surface area (Å²) in [6.45, 7) is 1.16. The van der Waals surface area contributed by atoms with Crippen molar-refractivity contribution in [3.8, 4) is 0 Å². The van der Waals surface area contributed by atoms with Crippen molar-refractivity contribution in [1.29, 1.82) is 0 Å². The van der Waals surface area contributed by atoms with Gasteiger partial charge in [-0.15, -0.1) is 0 Å². The molecule has 0 saturated carbocycles. The summed E-state index contributed by atoms with van der Waals surface area (Å²) in [7, 11) is -3.46. The highest BCUT2D eigenvalue weighted by molar-refractivity contribution is 7.90. The molecule has 0 atom stereocenters. The Bertz CT molecular complexity index is 984. The zero-order chi connectivity index (χ0) is 20.4. The zero-order valence-corrected chi connectivity index (χ0v) is 15.0. The molecule has 0 spiro atoms. The molecule has 10 heteroatoms. The first-order valence-corrected chi connectivity index (χ1v) is 9.37. The number of alkyl halides is 3. The van der Waals surface area contributed by atoms with E-state index in [9.17, 15) is 31.2 Å². The molecule has 0 heterocycles. The van der Waals surface area contributed by atoms with Crippen LogP contribution < -0.4 is 10.6 Å². The van der Waals surface area contributed by atoms with Crippen LogP contribution in [-0.4, -0.2) is 26.5 Å². The third-order valence-electron chi connectivity index (χ3n) is 3.44. The number of carbonyl (C=O) groups is 2. The minimum Gasteiger partial charge on any atom is -0.326 e. The molecule has 0 aliphatic rings. The van der Waals surface area contributed by atoms with Crippen LogP contribution in [0.25, 0.3) is 0 Å². The minimum absolute atomic E-state index is 0.0125. The molecule has 0 aromatic heterocycles. The van der Waals surface area contributed by atoms with Crippen molar-refractivity contribution in [2.75, 3.05) is 16.9 Å². The number of hydrogen-bond donors (Lipinski definition) is 2. The Balaban J connectivity index is 2.32. The lowest BCUT2D eigenvalue weighted by molar-refractivity contribution is -0.137. The fourth-order valence-electron chi connectivity index (χ4n) is 2.22.